The summed E-state index contributed by atoms with van der Waals surface area (Å²) in [6.07, 6.45) is 2.35. The van der Waals surface area contributed by atoms with E-state index in [1.807, 2.05) is 0 Å². The number of hydrogen-bond donors (Lipinski definition) is 0. The van der Waals surface area contributed by atoms with Gasteiger partial charge in [-0.25, -0.2) is 0 Å². The van der Waals surface area contributed by atoms with E-state index in [0.717, 1.165) is 0 Å². The van der Waals surface area contributed by atoms with Crippen LogP contribution in [0.15, 0.2) is 42.0 Å². The number of rotatable bonds is 2. The Morgan fingerprint density at radius 3 is 1.81 bits per heavy atom. The maximum Gasteiger partial charge on any atom is 0.0164 e. The Bertz CT molecular complexity index is 860. The standard InChI is InChI=1S/C27H35/c1-17(2)24-18(3)13-19-11-10-12-23(25(19)24)20-14-21(26(4,5)6)16-22(15-20)27(7,8)9/h10-17H,1-9H3. The van der Waals surface area contributed by atoms with Gasteiger partial charge in [0.1, 0.15) is 0 Å². The van der Waals surface area contributed by atoms with Crippen molar-refractivity contribution in [3.63, 3.8) is 0 Å². The molecule has 143 valence electrons. The zero-order valence-corrected chi connectivity index (χ0v) is 18.6. The number of allylic oxidation sites excluding steroid dienone is 2. The van der Waals surface area contributed by atoms with Crippen LogP contribution in [0.2, 0.25) is 0 Å². The number of hydrogen-bond acceptors (Lipinski definition) is 0. The SMILES string of the molecule is CC1=C(C(C)C)c2c(cccc2-c2cc(C(C)(C)C)cc(C(C)(C)C)c2)[CH]1. The molecule has 1 radical (unpaired) electrons. The monoisotopic (exact) mass is 359 g/mol. The Morgan fingerprint density at radius 1 is 0.778 bits per heavy atom. The molecule has 1 aliphatic carbocycles. The van der Waals surface area contributed by atoms with E-state index in [9.17, 15) is 0 Å². The van der Waals surface area contributed by atoms with Crippen LogP contribution in [0.1, 0.15) is 84.6 Å². The molecule has 2 aromatic carbocycles. The molecule has 0 fully saturated rings. The highest BCUT2D eigenvalue weighted by molar-refractivity contribution is 5.90. The molecule has 0 unspecified atom stereocenters. The maximum atomic E-state index is 2.41. The van der Waals surface area contributed by atoms with Gasteiger partial charge in [0.25, 0.3) is 0 Å². The van der Waals surface area contributed by atoms with Crippen molar-refractivity contribution in [3.05, 3.63) is 70.6 Å². The number of benzene rings is 2. The third-order valence-electron chi connectivity index (χ3n) is 5.72. The average Bonchev–Trinajstić information content (AvgIpc) is 2.88. The second-order valence-electron chi connectivity index (χ2n) is 10.5. The van der Waals surface area contributed by atoms with Gasteiger partial charge in [0.15, 0.2) is 0 Å². The third-order valence-corrected chi connectivity index (χ3v) is 5.72. The Kier molecular flexibility index (Phi) is 4.91. The fourth-order valence-corrected chi connectivity index (χ4v) is 4.13. The van der Waals surface area contributed by atoms with Crippen molar-refractivity contribution in [1.82, 2.24) is 0 Å². The van der Waals surface area contributed by atoms with E-state index in [1.165, 1.54) is 44.5 Å². The average molecular weight is 360 g/mol. The van der Waals surface area contributed by atoms with Crippen molar-refractivity contribution in [1.29, 1.82) is 0 Å². The molecular formula is C27H35. The van der Waals surface area contributed by atoms with Crippen molar-refractivity contribution in [3.8, 4) is 11.1 Å². The summed E-state index contributed by atoms with van der Waals surface area (Å²) in [6, 6.07) is 14.0. The minimum Gasteiger partial charge on any atom is -0.0613 e. The molecule has 2 aromatic rings. The van der Waals surface area contributed by atoms with E-state index in [4.69, 9.17) is 0 Å². The lowest BCUT2D eigenvalue weighted by atomic mass is 9.78. The molecule has 0 saturated carbocycles. The fourth-order valence-electron chi connectivity index (χ4n) is 4.13. The Balaban J connectivity index is 2.30. The van der Waals surface area contributed by atoms with Crippen LogP contribution in [-0.2, 0) is 10.8 Å². The van der Waals surface area contributed by atoms with E-state index >= 15 is 0 Å². The molecule has 0 saturated heterocycles. The second kappa shape index (κ2) is 6.66. The van der Waals surface area contributed by atoms with E-state index in [-0.39, 0.29) is 10.8 Å². The molecule has 0 atom stereocenters. The Morgan fingerprint density at radius 2 is 1.33 bits per heavy atom. The van der Waals surface area contributed by atoms with Gasteiger partial charge in [-0.1, -0.05) is 97.4 Å². The van der Waals surface area contributed by atoms with Crippen LogP contribution >= 0.6 is 0 Å². The Hall–Kier alpha value is -1.82. The predicted octanol–water partition coefficient (Wildman–Crippen LogP) is 7.94. The molecular weight excluding hydrogens is 324 g/mol. The van der Waals surface area contributed by atoms with Crippen LogP contribution in [0.4, 0.5) is 0 Å². The molecule has 0 aliphatic heterocycles. The smallest absolute Gasteiger partial charge is 0.0164 e. The zero-order chi connectivity index (χ0) is 20.1. The first kappa shape index (κ1) is 19.9. The van der Waals surface area contributed by atoms with E-state index in [0.29, 0.717) is 5.92 Å². The van der Waals surface area contributed by atoms with Gasteiger partial charge in [-0.05, 0) is 62.6 Å². The van der Waals surface area contributed by atoms with Crippen LogP contribution < -0.4 is 0 Å². The summed E-state index contributed by atoms with van der Waals surface area (Å²) in [7, 11) is 0. The highest BCUT2D eigenvalue weighted by atomic mass is 14.3. The first-order chi connectivity index (χ1) is 12.4. The summed E-state index contributed by atoms with van der Waals surface area (Å²) in [5.74, 6) is 0.525. The van der Waals surface area contributed by atoms with Crippen LogP contribution in [-0.4, -0.2) is 0 Å². The maximum absolute atomic E-state index is 2.41. The summed E-state index contributed by atoms with van der Waals surface area (Å²) in [4.78, 5) is 0. The van der Waals surface area contributed by atoms with Gasteiger partial charge in [0.2, 0.25) is 0 Å². The van der Waals surface area contributed by atoms with Gasteiger partial charge < -0.3 is 0 Å². The van der Waals surface area contributed by atoms with Crippen molar-refractivity contribution in [2.45, 2.75) is 73.1 Å². The molecule has 0 aromatic heterocycles. The molecule has 0 spiro atoms. The predicted molar refractivity (Wildman–Crippen MR) is 120 cm³/mol. The lowest BCUT2D eigenvalue weighted by Crippen LogP contribution is -2.16. The van der Waals surface area contributed by atoms with Gasteiger partial charge in [0, 0.05) is 6.42 Å². The summed E-state index contributed by atoms with van der Waals surface area (Å²) in [6.45, 7) is 20.7. The van der Waals surface area contributed by atoms with Crippen LogP contribution in [0.5, 0.6) is 0 Å². The molecule has 3 rings (SSSR count). The molecule has 0 nitrogen and oxygen atoms in total. The molecule has 0 heteroatoms. The topological polar surface area (TPSA) is 0 Å². The van der Waals surface area contributed by atoms with Crippen molar-refractivity contribution >= 4 is 5.57 Å². The van der Waals surface area contributed by atoms with Gasteiger partial charge in [-0.2, -0.15) is 0 Å². The largest absolute Gasteiger partial charge is 0.0613 e. The highest BCUT2D eigenvalue weighted by Gasteiger charge is 2.26. The van der Waals surface area contributed by atoms with E-state index in [2.05, 4.69) is 105 Å². The molecule has 0 bridgehead atoms. The molecule has 0 heterocycles. The quantitative estimate of drug-likeness (QED) is 0.510. The summed E-state index contributed by atoms with van der Waals surface area (Å²) in [5, 5.41) is 0. The van der Waals surface area contributed by atoms with Gasteiger partial charge in [0.05, 0.1) is 0 Å². The molecule has 27 heavy (non-hydrogen) atoms. The van der Waals surface area contributed by atoms with E-state index < -0.39 is 0 Å². The third kappa shape index (κ3) is 3.77. The van der Waals surface area contributed by atoms with E-state index in [1.54, 1.807) is 0 Å². The van der Waals surface area contributed by atoms with Gasteiger partial charge in [-0.3, -0.25) is 0 Å². The molecule has 0 amide bonds. The fraction of sp³-hybridized carbons (Fsp3) is 0.444. The summed E-state index contributed by atoms with van der Waals surface area (Å²) < 4.78 is 0. The first-order valence-corrected chi connectivity index (χ1v) is 10.2. The zero-order valence-electron chi connectivity index (χ0n) is 18.6. The van der Waals surface area contributed by atoms with Crippen LogP contribution in [0.3, 0.4) is 0 Å². The molecule has 1 aliphatic rings. The second-order valence-corrected chi connectivity index (χ2v) is 10.5. The van der Waals surface area contributed by atoms with Crippen molar-refractivity contribution in [2.75, 3.05) is 0 Å². The van der Waals surface area contributed by atoms with Crippen molar-refractivity contribution in [2.24, 2.45) is 5.92 Å². The van der Waals surface area contributed by atoms with Gasteiger partial charge in [-0.15, -0.1) is 0 Å². The highest BCUT2D eigenvalue weighted by Crippen LogP contribution is 2.45. The summed E-state index contributed by atoms with van der Waals surface area (Å²) >= 11 is 0. The molecule has 0 N–H and O–H groups in total. The minimum atomic E-state index is 0.132. The van der Waals surface area contributed by atoms with Crippen LogP contribution in [0, 0.1) is 12.3 Å². The Labute approximate surface area is 166 Å². The lowest BCUT2D eigenvalue weighted by molar-refractivity contribution is 0.569. The normalized spacial score (nSPS) is 14.9. The minimum absolute atomic E-state index is 0.132. The van der Waals surface area contributed by atoms with Crippen molar-refractivity contribution < 1.29 is 0 Å². The number of fused-ring (bicyclic) bond motifs is 1. The van der Waals surface area contributed by atoms with Gasteiger partial charge >= 0.3 is 0 Å². The first-order valence-electron chi connectivity index (χ1n) is 10.2. The lowest BCUT2D eigenvalue weighted by Gasteiger charge is -2.27. The summed E-state index contributed by atoms with van der Waals surface area (Å²) in [5.41, 5.74) is 11.5. The van der Waals surface area contributed by atoms with Crippen LogP contribution in [0.25, 0.3) is 16.7 Å².